The van der Waals surface area contributed by atoms with Gasteiger partial charge in [-0.2, -0.15) is 0 Å². The Morgan fingerprint density at radius 2 is 1.65 bits per heavy atom. The van der Waals surface area contributed by atoms with E-state index in [2.05, 4.69) is 40.2 Å². The monoisotopic (exact) mass is 268 g/mol. The molecular formula is C17H20N2O. The number of aromatic nitrogens is 1. The molecule has 3 heteroatoms. The highest BCUT2D eigenvalue weighted by molar-refractivity contribution is 5.58. The molecule has 1 aromatic heterocycles. The van der Waals surface area contributed by atoms with Gasteiger partial charge in [0.05, 0.1) is 5.69 Å². The zero-order valence-electron chi connectivity index (χ0n) is 12.4. The summed E-state index contributed by atoms with van der Waals surface area (Å²) in [6, 6.07) is 8.40. The van der Waals surface area contributed by atoms with Crippen LogP contribution in [0.4, 0.5) is 5.69 Å². The van der Waals surface area contributed by atoms with E-state index in [-0.39, 0.29) is 0 Å². The Kier molecular flexibility index (Phi) is 4.41. The van der Waals surface area contributed by atoms with E-state index in [0.717, 1.165) is 11.5 Å². The van der Waals surface area contributed by atoms with E-state index in [0.29, 0.717) is 5.89 Å². The van der Waals surface area contributed by atoms with Crippen molar-refractivity contribution in [2.24, 2.45) is 0 Å². The highest BCUT2D eigenvalue weighted by atomic mass is 16.4. The highest BCUT2D eigenvalue weighted by Crippen LogP contribution is 2.13. The Hall–Kier alpha value is -2.29. The van der Waals surface area contributed by atoms with Crippen LogP contribution in [0.25, 0.3) is 12.2 Å². The van der Waals surface area contributed by atoms with Gasteiger partial charge in [0.15, 0.2) is 0 Å². The van der Waals surface area contributed by atoms with E-state index in [1.807, 2.05) is 46.2 Å². The van der Waals surface area contributed by atoms with E-state index in [1.54, 1.807) is 0 Å². The summed E-state index contributed by atoms with van der Waals surface area (Å²) in [6.07, 6.45) is 7.84. The number of benzene rings is 1. The minimum absolute atomic E-state index is 0.646. The number of hydrogen-bond acceptors (Lipinski definition) is 3. The molecule has 0 bridgehead atoms. The summed E-state index contributed by atoms with van der Waals surface area (Å²) in [5.41, 5.74) is 3.30. The molecule has 3 nitrogen and oxygen atoms in total. The number of aryl methyl sites for hydroxylation is 2. The van der Waals surface area contributed by atoms with Gasteiger partial charge in [-0.25, -0.2) is 4.98 Å². The third kappa shape index (κ3) is 3.60. The van der Waals surface area contributed by atoms with Crippen LogP contribution in [-0.2, 0) is 0 Å². The fourth-order valence-corrected chi connectivity index (χ4v) is 1.76. The van der Waals surface area contributed by atoms with Crippen LogP contribution in [-0.4, -0.2) is 19.1 Å². The summed E-state index contributed by atoms with van der Waals surface area (Å²) < 4.78 is 5.47. The summed E-state index contributed by atoms with van der Waals surface area (Å²) >= 11 is 0. The van der Waals surface area contributed by atoms with Crippen LogP contribution < -0.4 is 4.90 Å². The lowest BCUT2D eigenvalue weighted by Crippen LogP contribution is -2.07. The molecule has 0 N–H and O–H groups in total. The van der Waals surface area contributed by atoms with Gasteiger partial charge in [-0.1, -0.05) is 30.4 Å². The van der Waals surface area contributed by atoms with E-state index < -0.39 is 0 Å². The van der Waals surface area contributed by atoms with Gasteiger partial charge in [-0.15, -0.1) is 0 Å². The second-order valence-electron chi connectivity index (χ2n) is 4.90. The molecule has 0 amide bonds. The average molecular weight is 268 g/mol. The number of anilines is 1. The predicted molar refractivity (Wildman–Crippen MR) is 84.8 cm³/mol. The molecule has 0 aliphatic heterocycles. The molecule has 0 aliphatic carbocycles. The smallest absolute Gasteiger partial charge is 0.219 e. The third-order valence-electron chi connectivity index (χ3n) is 3.09. The molecule has 104 valence electrons. The zero-order chi connectivity index (χ0) is 14.5. The first-order valence-electron chi connectivity index (χ1n) is 6.62. The number of oxazole rings is 1. The summed E-state index contributed by atoms with van der Waals surface area (Å²) in [5, 5.41) is 0. The topological polar surface area (TPSA) is 29.3 Å². The maximum atomic E-state index is 5.47. The fourth-order valence-electron chi connectivity index (χ4n) is 1.76. The molecular weight excluding hydrogens is 248 g/mol. The van der Waals surface area contributed by atoms with Crippen molar-refractivity contribution < 1.29 is 4.42 Å². The van der Waals surface area contributed by atoms with Crippen molar-refractivity contribution in [2.75, 3.05) is 19.0 Å². The molecule has 0 radical (unpaired) electrons. The molecule has 1 heterocycles. The quantitative estimate of drug-likeness (QED) is 0.782. The lowest BCUT2D eigenvalue weighted by Gasteiger charge is -2.11. The highest BCUT2D eigenvalue weighted by Gasteiger charge is 2.00. The molecule has 0 unspecified atom stereocenters. The van der Waals surface area contributed by atoms with Gasteiger partial charge in [0.1, 0.15) is 5.76 Å². The average Bonchev–Trinajstić information content (AvgIpc) is 2.74. The van der Waals surface area contributed by atoms with Crippen LogP contribution in [0.5, 0.6) is 0 Å². The molecule has 0 fully saturated rings. The number of hydrogen-bond donors (Lipinski definition) is 0. The predicted octanol–water partition coefficient (Wildman–Crippen LogP) is 4.08. The number of nitrogens with zero attached hydrogens (tertiary/aromatic N) is 2. The molecule has 0 saturated carbocycles. The summed E-state index contributed by atoms with van der Waals surface area (Å²) in [7, 11) is 4.07. The Balaban J connectivity index is 1.99. The maximum Gasteiger partial charge on any atom is 0.219 e. The van der Waals surface area contributed by atoms with Gasteiger partial charge in [0.25, 0.3) is 0 Å². The lowest BCUT2D eigenvalue weighted by molar-refractivity contribution is 0.515. The molecule has 0 aliphatic rings. The minimum atomic E-state index is 0.646. The van der Waals surface area contributed by atoms with Gasteiger partial charge in [0, 0.05) is 25.9 Å². The van der Waals surface area contributed by atoms with Crippen molar-refractivity contribution in [2.45, 2.75) is 13.8 Å². The van der Waals surface area contributed by atoms with Crippen molar-refractivity contribution in [1.82, 2.24) is 4.98 Å². The van der Waals surface area contributed by atoms with Crippen molar-refractivity contribution in [3.05, 3.63) is 59.3 Å². The van der Waals surface area contributed by atoms with Crippen LogP contribution in [0.1, 0.15) is 22.9 Å². The standard InChI is InChI=1S/C17H20N2O/c1-13-14(2)20-17(18-13)8-6-5-7-15-9-11-16(12-10-15)19(3)4/h5-12H,1-4H3/b7-5+,8-6+. The maximum absolute atomic E-state index is 5.47. The summed E-state index contributed by atoms with van der Waals surface area (Å²) in [6.45, 7) is 3.86. The molecule has 0 atom stereocenters. The molecule has 2 rings (SSSR count). The third-order valence-corrected chi connectivity index (χ3v) is 3.09. The first-order chi connectivity index (χ1) is 9.56. The largest absolute Gasteiger partial charge is 0.442 e. The zero-order valence-corrected chi connectivity index (χ0v) is 12.4. The van der Waals surface area contributed by atoms with Gasteiger partial charge < -0.3 is 9.32 Å². The Morgan fingerprint density at radius 3 is 2.20 bits per heavy atom. The van der Waals surface area contributed by atoms with Gasteiger partial charge >= 0.3 is 0 Å². The number of rotatable bonds is 4. The van der Waals surface area contributed by atoms with Crippen LogP contribution >= 0.6 is 0 Å². The number of allylic oxidation sites excluding steroid dienone is 2. The van der Waals surface area contributed by atoms with E-state index in [9.17, 15) is 0 Å². The normalized spacial score (nSPS) is 11.6. The van der Waals surface area contributed by atoms with Crippen molar-refractivity contribution in [3.8, 4) is 0 Å². The summed E-state index contributed by atoms with van der Waals surface area (Å²) in [4.78, 5) is 6.38. The lowest BCUT2D eigenvalue weighted by atomic mass is 10.2. The molecule has 0 saturated heterocycles. The van der Waals surface area contributed by atoms with Gasteiger partial charge in [0.2, 0.25) is 5.89 Å². The molecule has 2 aromatic rings. The Bertz CT molecular complexity index is 599. The van der Waals surface area contributed by atoms with Crippen LogP contribution in [0.3, 0.4) is 0 Å². The van der Waals surface area contributed by atoms with E-state index >= 15 is 0 Å². The SMILES string of the molecule is Cc1nc(/C=C/C=C/c2ccc(N(C)C)cc2)oc1C. The Morgan fingerprint density at radius 1 is 1.00 bits per heavy atom. The van der Waals surface area contributed by atoms with Crippen LogP contribution in [0, 0.1) is 13.8 Å². The van der Waals surface area contributed by atoms with Crippen molar-refractivity contribution >= 4 is 17.8 Å². The molecule has 1 aromatic carbocycles. The van der Waals surface area contributed by atoms with Crippen molar-refractivity contribution in [1.29, 1.82) is 0 Å². The van der Waals surface area contributed by atoms with Crippen LogP contribution in [0.15, 0.2) is 40.8 Å². The van der Waals surface area contributed by atoms with E-state index in [4.69, 9.17) is 4.42 Å². The molecule has 0 spiro atoms. The van der Waals surface area contributed by atoms with Crippen LogP contribution in [0.2, 0.25) is 0 Å². The Labute approximate surface area is 120 Å². The van der Waals surface area contributed by atoms with Crippen molar-refractivity contribution in [3.63, 3.8) is 0 Å². The van der Waals surface area contributed by atoms with E-state index in [1.165, 1.54) is 11.3 Å². The fraction of sp³-hybridized carbons (Fsp3) is 0.235. The molecule has 20 heavy (non-hydrogen) atoms. The van der Waals surface area contributed by atoms with Gasteiger partial charge in [-0.05, 0) is 31.5 Å². The second-order valence-corrected chi connectivity index (χ2v) is 4.90. The first kappa shape index (κ1) is 14.1. The van der Waals surface area contributed by atoms with Gasteiger partial charge in [-0.3, -0.25) is 0 Å². The first-order valence-corrected chi connectivity index (χ1v) is 6.62. The second kappa shape index (κ2) is 6.24. The summed E-state index contributed by atoms with van der Waals surface area (Å²) in [5.74, 6) is 1.51. The minimum Gasteiger partial charge on any atom is -0.442 e.